The maximum atomic E-state index is 13.2. The highest BCUT2D eigenvalue weighted by Gasteiger charge is 2.10. The van der Waals surface area contributed by atoms with Gasteiger partial charge in [0.05, 0.1) is 29.3 Å². The molecule has 92 valence electrons. The molecule has 0 atom stereocenters. The number of benzene rings is 1. The molecule has 0 N–H and O–H groups in total. The van der Waals surface area contributed by atoms with Crippen molar-refractivity contribution in [3.8, 4) is 0 Å². The van der Waals surface area contributed by atoms with E-state index in [-0.39, 0.29) is 12.2 Å². The van der Waals surface area contributed by atoms with Crippen LogP contribution in [0.15, 0.2) is 30.6 Å². The lowest BCUT2D eigenvalue weighted by Crippen LogP contribution is -2.01. The number of aromatic nitrogens is 2. The van der Waals surface area contributed by atoms with Crippen LogP contribution >= 0.6 is 0 Å². The fourth-order valence-electron chi connectivity index (χ4n) is 1.54. The molecule has 0 aliphatic heterocycles. The Morgan fingerprint density at radius 1 is 1.44 bits per heavy atom. The highest BCUT2D eigenvalue weighted by atomic mass is 19.1. The van der Waals surface area contributed by atoms with Gasteiger partial charge in [-0.05, 0) is 11.6 Å². The molecule has 7 heteroatoms. The van der Waals surface area contributed by atoms with Gasteiger partial charge in [-0.1, -0.05) is 0 Å². The van der Waals surface area contributed by atoms with Crippen molar-refractivity contribution in [3.63, 3.8) is 0 Å². The van der Waals surface area contributed by atoms with Gasteiger partial charge < -0.3 is 0 Å². The Bertz CT molecular complexity index is 609. The average Bonchev–Trinajstić information content (AvgIpc) is 2.76. The van der Waals surface area contributed by atoms with E-state index in [9.17, 15) is 19.3 Å². The van der Waals surface area contributed by atoms with Crippen LogP contribution in [0.1, 0.15) is 15.9 Å². The fraction of sp³-hybridized carbons (Fsp3) is 0.0909. The third kappa shape index (κ3) is 2.57. The third-order valence-corrected chi connectivity index (χ3v) is 2.29. The highest BCUT2D eigenvalue weighted by Crippen LogP contribution is 2.17. The summed E-state index contributed by atoms with van der Waals surface area (Å²) in [4.78, 5) is 20.4. The normalized spacial score (nSPS) is 10.3. The highest BCUT2D eigenvalue weighted by molar-refractivity contribution is 5.73. The summed E-state index contributed by atoms with van der Waals surface area (Å²) in [6.45, 7) is 0.159. The molecular formula is C11H8FN3O3. The number of hydrogen-bond donors (Lipinski definition) is 0. The van der Waals surface area contributed by atoms with Gasteiger partial charge in [-0.15, -0.1) is 0 Å². The molecule has 0 saturated carbocycles. The molecule has 0 saturated heterocycles. The number of halogens is 1. The van der Waals surface area contributed by atoms with E-state index in [0.717, 1.165) is 6.07 Å². The van der Waals surface area contributed by atoms with Crippen LogP contribution in [-0.2, 0) is 6.54 Å². The number of rotatable bonds is 4. The molecule has 0 radical (unpaired) electrons. The van der Waals surface area contributed by atoms with Crippen molar-refractivity contribution in [2.75, 3.05) is 0 Å². The van der Waals surface area contributed by atoms with Crippen LogP contribution in [0.2, 0.25) is 0 Å². The summed E-state index contributed by atoms with van der Waals surface area (Å²) >= 11 is 0. The topological polar surface area (TPSA) is 78.0 Å². The van der Waals surface area contributed by atoms with E-state index in [1.54, 1.807) is 0 Å². The first-order chi connectivity index (χ1) is 8.58. The van der Waals surface area contributed by atoms with Gasteiger partial charge in [0.1, 0.15) is 5.82 Å². The van der Waals surface area contributed by atoms with Gasteiger partial charge in [-0.2, -0.15) is 5.10 Å². The van der Waals surface area contributed by atoms with Crippen LogP contribution < -0.4 is 0 Å². The fourth-order valence-corrected chi connectivity index (χ4v) is 1.54. The monoisotopic (exact) mass is 249 g/mol. The predicted octanol–water partition coefficient (Wildman–Crippen LogP) is 1.79. The molecule has 1 aromatic carbocycles. The molecular weight excluding hydrogens is 241 g/mol. The smallest absolute Gasteiger partial charge is 0.272 e. The van der Waals surface area contributed by atoms with Gasteiger partial charge in [0.25, 0.3) is 5.69 Å². The summed E-state index contributed by atoms with van der Waals surface area (Å²) in [6.07, 6.45) is 3.47. The predicted molar refractivity (Wildman–Crippen MR) is 59.8 cm³/mol. The average molecular weight is 249 g/mol. The van der Waals surface area contributed by atoms with Crippen molar-refractivity contribution in [3.05, 3.63) is 57.7 Å². The number of aldehydes is 1. The van der Waals surface area contributed by atoms with E-state index in [0.29, 0.717) is 17.4 Å². The molecule has 6 nitrogen and oxygen atoms in total. The van der Waals surface area contributed by atoms with Crippen LogP contribution in [0.4, 0.5) is 10.1 Å². The quantitative estimate of drug-likeness (QED) is 0.470. The van der Waals surface area contributed by atoms with E-state index >= 15 is 0 Å². The number of carbonyl (C=O) groups excluding carboxylic acids is 1. The first-order valence-electron chi connectivity index (χ1n) is 5.00. The van der Waals surface area contributed by atoms with Crippen LogP contribution in [-0.4, -0.2) is 21.0 Å². The largest absolute Gasteiger partial charge is 0.298 e. The Kier molecular flexibility index (Phi) is 3.13. The zero-order valence-corrected chi connectivity index (χ0v) is 9.12. The Morgan fingerprint density at radius 2 is 2.22 bits per heavy atom. The second-order valence-electron chi connectivity index (χ2n) is 3.66. The lowest BCUT2D eigenvalue weighted by molar-refractivity contribution is -0.385. The Balaban J connectivity index is 2.28. The molecule has 0 bridgehead atoms. The van der Waals surface area contributed by atoms with E-state index in [1.807, 2.05) is 0 Å². The molecule has 0 aliphatic rings. The summed E-state index contributed by atoms with van der Waals surface area (Å²) < 4.78 is 14.6. The molecule has 18 heavy (non-hydrogen) atoms. The molecule has 1 aromatic heterocycles. The molecule has 0 unspecified atom stereocenters. The number of nitro benzene ring substituents is 1. The third-order valence-electron chi connectivity index (χ3n) is 2.29. The van der Waals surface area contributed by atoms with E-state index < -0.39 is 10.7 Å². The first kappa shape index (κ1) is 11.9. The molecule has 2 rings (SSSR count). The van der Waals surface area contributed by atoms with Crippen LogP contribution in [0.5, 0.6) is 0 Å². The number of nitro groups is 1. The molecule has 0 aliphatic carbocycles. The maximum Gasteiger partial charge on any atom is 0.272 e. The summed E-state index contributed by atoms with van der Waals surface area (Å²) in [7, 11) is 0. The zero-order valence-electron chi connectivity index (χ0n) is 9.12. The minimum atomic E-state index is -0.679. The summed E-state index contributed by atoms with van der Waals surface area (Å²) in [6, 6.07) is 3.31. The van der Waals surface area contributed by atoms with E-state index in [2.05, 4.69) is 5.10 Å². The minimum Gasteiger partial charge on any atom is -0.298 e. The molecule has 0 fully saturated rings. The van der Waals surface area contributed by atoms with Crippen LogP contribution in [0.25, 0.3) is 0 Å². The van der Waals surface area contributed by atoms with E-state index in [4.69, 9.17) is 0 Å². The van der Waals surface area contributed by atoms with E-state index in [1.165, 1.54) is 29.2 Å². The van der Waals surface area contributed by atoms with Crippen molar-refractivity contribution < 1.29 is 14.1 Å². The van der Waals surface area contributed by atoms with Crippen LogP contribution in [0, 0.1) is 15.9 Å². The Labute approximate surface area is 101 Å². The van der Waals surface area contributed by atoms with Crippen molar-refractivity contribution in [2.24, 2.45) is 0 Å². The number of hydrogen-bond acceptors (Lipinski definition) is 4. The summed E-state index contributed by atoms with van der Waals surface area (Å²) in [5.74, 6) is -0.679. The zero-order chi connectivity index (χ0) is 13.1. The van der Waals surface area contributed by atoms with Gasteiger partial charge in [0.2, 0.25) is 0 Å². The molecule has 1 heterocycles. The maximum absolute atomic E-state index is 13.2. The van der Waals surface area contributed by atoms with Gasteiger partial charge in [0, 0.05) is 12.3 Å². The Hall–Kier alpha value is -2.57. The number of carbonyl (C=O) groups is 1. The van der Waals surface area contributed by atoms with Gasteiger partial charge >= 0.3 is 0 Å². The van der Waals surface area contributed by atoms with Crippen molar-refractivity contribution in [1.29, 1.82) is 0 Å². The van der Waals surface area contributed by atoms with Gasteiger partial charge in [-0.3, -0.25) is 19.6 Å². The summed E-state index contributed by atoms with van der Waals surface area (Å²) in [5, 5.41) is 14.5. The molecule has 2 aromatic rings. The standard InChI is InChI=1S/C11H8FN3O3/c12-10-1-8(2-11(3-10)15(17)18)5-14-6-9(7-16)4-13-14/h1-4,6-7H,5H2. The van der Waals surface area contributed by atoms with Gasteiger partial charge in [0.15, 0.2) is 6.29 Å². The van der Waals surface area contributed by atoms with Gasteiger partial charge in [-0.25, -0.2) is 4.39 Å². The molecule has 0 amide bonds. The second-order valence-corrected chi connectivity index (χ2v) is 3.66. The summed E-state index contributed by atoms with van der Waals surface area (Å²) in [5.41, 5.74) is 0.482. The SMILES string of the molecule is O=Cc1cnn(Cc2cc(F)cc([N+](=O)[O-])c2)c1. The van der Waals surface area contributed by atoms with Crippen molar-refractivity contribution >= 4 is 12.0 Å². The first-order valence-corrected chi connectivity index (χ1v) is 5.00. The van der Waals surface area contributed by atoms with Crippen molar-refractivity contribution in [1.82, 2.24) is 9.78 Å². The van der Waals surface area contributed by atoms with Crippen LogP contribution in [0.3, 0.4) is 0 Å². The lowest BCUT2D eigenvalue weighted by Gasteiger charge is -2.02. The number of nitrogens with zero attached hydrogens (tertiary/aromatic N) is 3. The second kappa shape index (κ2) is 4.74. The molecule has 0 spiro atoms. The minimum absolute atomic E-state index is 0.159. The number of non-ortho nitro benzene ring substituents is 1. The Morgan fingerprint density at radius 3 is 2.83 bits per heavy atom. The van der Waals surface area contributed by atoms with Crippen molar-refractivity contribution in [2.45, 2.75) is 6.54 Å². The lowest BCUT2D eigenvalue weighted by atomic mass is 10.2.